The van der Waals surface area contributed by atoms with Gasteiger partial charge in [0.25, 0.3) is 0 Å². The van der Waals surface area contributed by atoms with Gasteiger partial charge in [-0.05, 0) is 49.2 Å². The molecule has 0 fully saturated rings. The highest BCUT2D eigenvalue weighted by atomic mass is 16.3. The standard InChI is InChI=1S/C18H18N4O2/c1-12-3-4-15(17-21-13(2)11-24-17)9-16(12)22-18(23)20-10-14-5-7-19-8-6-14/h3-9,11H,10H2,1-2H3,(H2,20,22,23). The molecule has 1 aromatic carbocycles. The fourth-order valence-corrected chi connectivity index (χ4v) is 2.23. The Morgan fingerprint density at radius 2 is 1.96 bits per heavy atom. The zero-order valence-electron chi connectivity index (χ0n) is 13.5. The van der Waals surface area contributed by atoms with E-state index >= 15 is 0 Å². The summed E-state index contributed by atoms with van der Waals surface area (Å²) in [6.07, 6.45) is 4.99. The minimum Gasteiger partial charge on any atom is -0.444 e. The van der Waals surface area contributed by atoms with Crippen molar-refractivity contribution in [3.8, 4) is 11.5 Å². The van der Waals surface area contributed by atoms with Gasteiger partial charge in [-0.25, -0.2) is 9.78 Å². The SMILES string of the molecule is Cc1coc(-c2ccc(C)c(NC(=O)NCc3ccncc3)c2)n1. The Balaban J connectivity index is 1.69. The molecule has 6 nitrogen and oxygen atoms in total. The lowest BCUT2D eigenvalue weighted by atomic mass is 10.1. The number of nitrogens with one attached hydrogen (secondary N) is 2. The maximum absolute atomic E-state index is 12.1. The van der Waals surface area contributed by atoms with Gasteiger partial charge in [0, 0.05) is 30.2 Å². The summed E-state index contributed by atoms with van der Waals surface area (Å²) in [6, 6.07) is 9.14. The second kappa shape index (κ2) is 6.95. The number of rotatable bonds is 4. The minimum absolute atomic E-state index is 0.268. The number of benzene rings is 1. The number of nitrogens with zero attached hydrogens (tertiary/aromatic N) is 2. The average molecular weight is 322 g/mol. The number of pyridine rings is 1. The van der Waals surface area contributed by atoms with Crippen LogP contribution in [0.2, 0.25) is 0 Å². The van der Waals surface area contributed by atoms with E-state index in [4.69, 9.17) is 4.42 Å². The van der Waals surface area contributed by atoms with E-state index in [1.54, 1.807) is 18.7 Å². The largest absolute Gasteiger partial charge is 0.444 e. The van der Waals surface area contributed by atoms with Crippen molar-refractivity contribution in [2.24, 2.45) is 0 Å². The predicted octanol–water partition coefficient (Wildman–Crippen LogP) is 3.68. The van der Waals surface area contributed by atoms with Crippen LogP contribution in [0.5, 0.6) is 0 Å². The van der Waals surface area contributed by atoms with Gasteiger partial charge in [0.2, 0.25) is 5.89 Å². The first-order valence-electron chi connectivity index (χ1n) is 7.59. The number of urea groups is 1. The van der Waals surface area contributed by atoms with Gasteiger partial charge in [0.05, 0.1) is 5.69 Å². The van der Waals surface area contributed by atoms with Crippen LogP contribution in [0.15, 0.2) is 53.4 Å². The first kappa shape index (κ1) is 15.7. The normalized spacial score (nSPS) is 10.4. The molecule has 3 rings (SSSR count). The molecule has 2 heterocycles. The molecule has 0 atom stereocenters. The Morgan fingerprint density at radius 3 is 2.67 bits per heavy atom. The second-order valence-corrected chi connectivity index (χ2v) is 5.49. The molecule has 2 aromatic heterocycles. The molecule has 3 aromatic rings. The van der Waals surface area contributed by atoms with Gasteiger partial charge in [-0.1, -0.05) is 6.07 Å². The summed E-state index contributed by atoms with van der Waals surface area (Å²) >= 11 is 0. The van der Waals surface area contributed by atoms with Crippen LogP contribution in [0, 0.1) is 13.8 Å². The number of oxazole rings is 1. The minimum atomic E-state index is -0.268. The zero-order valence-corrected chi connectivity index (χ0v) is 13.5. The average Bonchev–Trinajstić information content (AvgIpc) is 3.02. The van der Waals surface area contributed by atoms with Crippen LogP contribution in [0.3, 0.4) is 0 Å². The van der Waals surface area contributed by atoms with Crippen molar-refractivity contribution in [3.05, 3.63) is 65.8 Å². The number of aryl methyl sites for hydroxylation is 2. The molecule has 0 unspecified atom stereocenters. The Hall–Kier alpha value is -3.15. The van der Waals surface area contributed by atoms with Crippen LogP contribution in [0.1, 0.15) is 16.8 Å². The monoisotopic (exact) mass is 322 g/mol. The highest BCUT2D eigenvalue weighted by molar-refractivity contribution is 5.90. The van der Waals surface area contributed by atoms with Crippen LogP contribution in [0.25, 0.3) is 11.5 Å². The molecule has 0 saturated carbocycles. The molecule has 24 heavy (non-hydrogen) atoms. The zero-order chi connectivity index (χ0) is 16.9. The number of hydrogen-bond acceptors (Lipinski definition) is 4. The third-order valence-corrected chi connectivity index (χ3v) is 3.55. The smallest absolute Gasteiger partial charge is 0.319 e. The maximum Gasteiger partial charge on any atom is 0.319 e. The lowest BCUT2D eigenvalue weighted by molar-refractivity contribution is 0.251. The van der Waals surface area contributed by atoms with Crippen molar-refractivity contribution in [2.45, 2.75) is 20.4 Å². The van der Waals surface area contributed by atoms with Crippen molar-refractivity contribution < 1.29 is 9.21 Å². The molecule has 0 aliphatic rings. The van der Waals surface area contributed by atoms with Gasteiger partial charge < -0.3 is 15.1 Å². The van der Waals surface area contributed by atoms with Crippen molar-refractivity contribution in [2.75, 3.05) is 5.32 Å². The lowest BCUT2D eigenvalue weighted by Gasteiger charge is -2.11. The van der Waals surface area contributed by atoms with E-state index in [-0.39, 0.29) is 6.03 Å². The van der Waals surface area contributed by atoms with Crippen molar-refractivity contribution in [1.82, 2.24) is 15.3 Å². The third-order valence-electron chi connectivity index (χ3n) is 3.55. The predicted molar refractivity (Wildman–Crippen MR) is 91.5 cm³/mol. The van der Waals surface area contributed by atoms with Crippen LogP contribution in [-0.2, 0) is 6.54 Å². The summed E-state index contributed by atoms with van der Waals surface area (Å²) in [5.74, 6) is 0.535. The second-order valence-electron chi connectivity index (χ2n) is 5.49. The summed E-state index contributed by atoms with van der Waals surface area (Å²) in [7, 11) is 0. The van der Waals surface area contributed by atoms with Crippen molar-refractivity contribution in [1.29, 1.82) is 0 Å². The molecule has 6 heteroatoms. The first-order chi connectivity index (χ1) is 11.6. The summed E-state index contributed by atoms with van der Waals surface area (Å²) in [5, 5.41) is 5.68. The molecule has 0 radical (unpaired) electrons. The number of hydrogen-bond donors (Lipinski definition) is 2. The number of anilines is 1. The highest BCUT2D eigenvalue weighted by Gasteiger charge is 2.09. The molecule has 0 aliphatic heterocycles. The molecule has 0 saturated heterocycles. The van der Waals surface area contributed by atoms with E-state index in [1.807, 2.05) is 44.2 Å². The topological polar surface area (TPSA) is 80.0 Å². The molecular weight excluding hydrogens is 304 g/mol. The Labute approximate surface area is 140 Å². The molecular formula is C18H18N4O2. The van der Waals surface area contributed by atoms with Crippen LogP contribution in [0.4, 0.5) is 10.5 Å². The molecule has 0 spiro atoms. The van der Waals surface area contributed by atoms with E-state index in [0.29, 0.717) is 12.4 Å². The Kier molecular flexibility index (Phi) is 4.56. The molecule has 2 N–H and O–H groups in total. The lowest BCUT2D eigenvalue weighted by Crippen LogP contribution is -2.28. The van der Waals surface area contributed by atoms with E-state index in [1.165, 1.54) is 0 Å². The van der Waals surface area contributed by atoms with E-state index in [0.717, 1.165) is 28.1 Å². The van der Waals surface area contributed by atoms with Gasteiger partial charge >= 0.3 is 6.03 Å². The first-order valence-corrected chi connectivity index (χ1v) is 7.59. The third kappa shape index (κ3) is 3.78. The number of carbonyl (C=O) groups excluding carboxylic acids is 1. The van der Waals surface area contributed by atoms with E-state index in [2.05, 4.69) is 20.6 Å². The van der Waals surface area contributed by atoms with Gasteiger partial charge in [-0.2, -0.15) is 0 Å². The number of aromatic nitrogens is 2. The van der Waals surface area contributed by atoms with Crippen molar-refractivity contribution >= 4 is 11.7 Å². The summed E-state index contributed by atoms with van der Waals surface area (Å²) in [4.78, 5) is 20.4. The van der Waals surface area contributed by atoms with Crippen LogP contribution >= 0.6 is 0 Å². The molecule has 2 amide bonds. The maximum atomic E-state index is 12.1. The summed E-state index contributed by atoms with van der Waals surface area (Å²) in [5.41, 5.74) is 4.30. The van der Waals surface area contributed by atoms with Gasteiger partial charge in [-0.15, -0.1) is 0 Å². The van der Waals surface area contributed by atoms with E-state index < -0.39 is 0 Å². The van der Waals surface area contributed by atoms with Crippen LogP contribution < -0.4 is 10.6 Å². The van der Waals surface area contributed by atoms with E-state index in [9.17, 15) is 4.79 Å². The number of amides is 2. The highest BCUT2D eigenvalue weighted by Crippen LogP contribution is 2.24. The molecule has 122 valence electrons. The Morgan fingerprint density at radius 1 is 1.17 bits per heavy atom. The quantitative estimate of drug-likeness (QED) is 0.768. The summed E-state index contributed by atoms with van der Waals surface area (Å²) in [6.45, 7) is 4.24. The Bertz CT molecular complexity index is 843. The van der Waals surface area contributed by atoms with Crippen LogP contribution in [-0.4, -0.2) is 16.0 Å². The van der Waals surface area contributed by atoms with Gasteiger partial charge in [-0.3, -0.25) is 4.98 Å². The number of carbonyl (C=O) groups is 1. The van der Waals surface area contributed by atoms with Crippen molar-refractivity contribution in [3.63, 3.8) is 0 Å². The van der Waals surface area contributed by atoms with Gasteiger partial charge in [0.1, 0.15) is 6.26 Å². The molecule has 0 aliphatic carbocycles. The fraction of sp³-hybridized carbons (Fsp3) is 0.167. The molecule has 0 bridgehead atoms. The van der Waals surface area contributed by atoms with Gasteiger partial charge in [0.15, 0.2) is 0 Å². The fourth-order valence-electron chi connectivity index (χ4n) is 2.23. The summed E-state index contributed by atoms with van der Waals surface area (Å²) < 4.78 is 5.41.